The van der Waals surface area contributed by atoms with Crippen molar-refractivity contribution in [2.45, 2.75) is 6.92 Å². The summed E-state index contributed by atoms with van der Waals surface area (Å²) >= 11 is 6.37. The molecule has 0 saturated carbocycles. The van der Waals surface area contributed by atoms with E-state index >= 15 is 0 Å². The van der Waals surface area contributed by atoms with Crippen LogP contribution in [0.1, 0.15) is 11.1 Å². The van der Waals surface area contributed by atoms with Crippen LogP contribution in [0, 0.1) is 6.92 Å². The maximum absolute atomic E-state index is 11.9. The van der Waals surface area contributed by atoms with Gasteiger partial charge in [-0.2, -0.15) is 5.10 Å². The van der Waals surface area contributed by atoms with Gasteiger partial charge in [-0.15, -0.1) is 0 Å². The molecule has 8 heteroatoms. The molecule has 0 fully saturated rings. The van der Waals surface area contributed by atoms with Crippen molar-refractivity contribution in [1.29, 1.82) is 0 Å². The first-order chi connectivity index (χ1) is 15.5. The molecular formula is C24H24ClN3O4. The van der Waals surface area contributed by atoms with E-state index in [2.05, 4.69) is 15.8 Å². The largest absolute Gasteiger partial charge is 0.493 e. The molecule has 0 heterocycles. The molecule has 3 aromatic carbocycles. The molecule has 0 bridgehead atoms. The van der Waals surface area contributed by atoms with Gasteiger partial charge in [0.1, 0.15) is 19.0 Å². The predicted molar refractivity (Wildman–Crippen MR) is 126 cm³/mol. The fourth-order valence-electron chi connectivity index (χ4n) is 2.81. The molecule has 0 aromatic heterocycles. The van der Waals surface area contributed by atoms with Gasteiger partial charge in [0.25, 0.3) is 0 Å². The molecule has 7 nitrogen and oxygen atoms in total. The van der Waals surface area contributed by atoms with Crippen LogP contribution in [0.2, 0.25) is 5.02 Å². The topological polar surface area (TPSA) is 81.2 Å². The Morgan fingerprint density at radius 3 is 2.56 bits per heavy atom. The van der Waals surface area contributed by atoms with Crippen molar-refractivity contribution in [2.24, 2.45) is 5.10 Å². The lowest BCUT2D eigenvalue weighted by atomic mass is 10.2. The summed E-state index contributed by atoms with van der Waals surface area (Å²) in [7, 11) is 1.52. The molecular weight excluding hydrogens is 430 g/mol. The summed E-state index contributed by atoms with van der Waals surface area (Å²) in [5.41, 5.74) is 4.82. The average molecular weight is 454 g/mol. The van der Waals surface area contributed by atoms with E-state index < -0.39 is 6.03 Å². The number of methoxy groups -OCH3 is 1. The number of hydrogen-bond acceptors (Lipinski definition) is 5. The number of amides is 2. The van der Waals surface area contributed by atoms with Crippen molar-refractivity contribution >= 4 is 29.5 Å². The standard InChI is InChI=1S/C24H24ClN3O4/c1-17-7-6-10-20(13-17)31-11-12-32-23-21(25)14-18(15-22(23)30-2)16-26-28-24(29)27-19-8-4-3-5-9-19/h3-10,13-16H,11-12H2,1-2H3,(H2,27,28,29)/b26-16+. The zero-order valence-corrected chi connectivity index (χ0v) is 18.6. The minimum absolute atomic E-state index is 0.290. The number of halogens is 1. The fourth-order valence-corrected chi connectivity index (χ4v) is 3.08. The van der Waals surface area contributed by atoms with Gasteiger partial charge in [-0.1, -0.05) is 41.9 Å². The van der Waals surface area contributed by atoms with Gasteiger partial charge in [-0.3, -0.25) is 0 Å². The first-order valence-electron chi connectivity index (χ1n) is 9.90. The molecule has 0 spiro atoms. The molecule has 0 aliphatic carbocycles. The Morgan fingerprint density at radius 1 is 1.03 bits per heavy atom. The Kier molecular flexibility index (Phi) is 8.34. The molecule has 0 saturated heterocycles. The Hall–Kier alpha value is -3.71. The molecule has 3 rings (SSSR count). The van der Waals surface area contributed by atoms with Gasteiger partial charge in [-0.05, 0) is 54.4 Å². The molecule has 0 aliphatic rings. The third-order valence-corrected chi connectivity index (χ3v) is 4.53. The number of rotatable bonds is 9. The number of anilines is 1. The van der Waals surface area contributed by atoms with E-state index in [4.69, 9.17) is 25.8 Å². The highest BCUT2D eigenvalue weighted by molar-refractivity contribution is 6.32. The number of urea groups is 1. The smallest absolute Gasteiger partial charge is 0.339 e. The van der Waals surface area contributed by atoms with E-state index in [-0.39, 0.29) is 0 Å². The van der Waals surface area contributed by atoms with Crippen LogP contribution in [0.3, 0.4) is 0 Å². The Balaban J connectivity index is 1.54. The number of para-hydroxylation sites is 1. The lowest BCUT2D eigenvalue weighted by molar-refractivity contribution is 0.211. The molecule has 2 N–H and O–H groups in total. The number of ether oxygens (including phenoxy) is 3. The minimum atomic E-state index is -0.459. The maximum atomic E-state index is 11.9. The number of hydrogen-bond donors (Lipinski definition) is 2. The monoisotopic (exact) mass is 453 g/mol. The van der Waals surface area contributed by atoms with Gasteiger partial charge in [0, 0.05) is 5.69 Å². The summed E-state index contributed by atoms with van der Waals surface area (Å²) < 4.78 is 16.8. The van der Waals surface area contributed by atoms with E-state index in [1.807, 2.05) is 49.4 Å². The van der Waals surface area contributed by atoms with Crippen LogP contribution in [-0.4, -0.2) is 32.6 Å². The highest BCUT2D eigenvalue weighted by Gasteiger charge is 2.12. The third kappa shape index (κ3) is 6.92. The molecule has 0 aliphatic heterocycles. The summed E-state index contributed by atoms with van der Waals surface area (Å²) in [6.45, 7) is 2.65. The lowest BCUT2D eigenvalue weighted by Gasteiger charge is -2.14. The van der Waals surface area contributed by atoms with Crippen LogP contribution in [0.5, 0.6) is 17.2 Å². The Bertz CT molecular complexity index is 1070. The molecule has 0 radical (unpaired) electrons. The Morgan fingerprint density at radius 2 is 1.81 bits per heavy atom. The van der Waals surface area contributed by atoms with Crippen LogP contribution in [0.4, 0.5) is 10.5 Å². The quantitative estimate of drug-likeness (QED) is 0.263. The Labute approximate surface area is 192 Å². The first kappa shape index (κ1) is 23.0. The molecule has 166 valence electrons. The van der Waals surface area contributed by atoms with Gasteiger partial charge < -0.3 is 19.5 Å². The van der Waals surface area contributed by atoms with E-state index in [1.165, 1.54) is 13.3 Å². The summed E-state index contributed by atoms with van der Waals surface area (Å²) in [5.74, 6) is 1.64. The summed E-state index contributed by atoms with van der Waals surface area (Å²) in [6.07, 6.45) is 1.46. The predicted octanol–water partition coefficient (Wildman–Crippen LogP) is 5.27. The first-order valence-corrected chi connectivity index (χ1v) is 10.3. The summed E-state index contributed by atoms with van der Waals surface area (Å²) in [5, 5.41) is 6.96. The minimum Gasteiger partial charge on any atom is -0.493 e. The van der Waals surface area contributed by atoms with Gasteiger partial charge in [-0.25, -0.2) is 10.2 Å². The second-order valence-corrected chi connectivity index (χ2v) is 7.14. The van der Waals surface area contributed by atoms with E-state index in [1.54, 1.807) is 24.3 Å². The SMILES string of the molecule is COc1cc(/C=N/NC(=O)Nc2ccccc2)cc(Cl)c1OCCOc1cccc(C)c1. The lowest BCUT2D eigenvalue weighted by Crippen LogP contribution is -2.24. The highest BCUT2D eigenvalue weighted by atomic mass is 35.5. The van der Waals surface area contributed by atoms with Crippen molar-refractivity contribution in [3.63, 3.8) is 0 Å². The third-order valence-electron chi connectivity index (χ3n) is 4.25. The van der Waals surface area contributed by atoms with Gasteiger partial charge in [0.05, 0.1) is 18.3 Å². The number of nitrogens with zero attached hydrogens (tertiary/aromatic N) is 1. The fraction of sp³-hybridized carbons (Fsp3) is 0.167. The molecule has 0 atom stereocenters. The highest BCUT2D eigenvalue weighted by Crippen LogP contribution is 2.36. The van der Waals surface area contributed by atoms with E-state index in [9.17, 15) is 4.79 Å². The van der Waals surface area contributed by atoms with Crippen LogP contribution in [0.15, 0.2) is 71.8 Å². The molecule has 2 amide bonds. The van der Waals surface area contributed by atoms with Crippen molar-refractivity contribution in [3.05, 3.63) is 82.9 Å². The number of hydrazone groups is 1. The van der Waals surface area contributed by atoms with Crippen LogP contribution < -0.4 is 25.0 Å². The number of nitrogens with one attached hydrogen (secondary N) is 2. The van der Waals surface area contributed by atoms with Gasteiger partial charge in [0.15, 0.2) is 11.5 Å². The number of carbonyl (C=O) groups is 1. The van der Waals surface area contributed by atoms with E-state index in [0.717, 1.165) is 11.3 Å². The summed E-state index contributed by atoms with van der Waals surface area (Å²) in [4.78, 5) is 11.9. The van der Waals surface area contributed by atoms with Crippen molar-refractivity contribution in [2.75, 3.05) is 25.6 Å². The number of carbonyl (C=O) groups excluding carboxylic acids is 1. The zero-order chi connectivity index (χ0) is 22.8. The molecule has 0 unspecified atom stereocenters. The number of aryl methyl sites for hydroxylation is 1. The van der Waals surface area contributed by atoms with Gasteiger partial charge >= 0.3 is 6.03 Å². The zero-order valence-electron chi connectivity index (χ0n) is 17.8. The van der Waals surface area contributed by atoms with Crippen molar-refractivity contribution < 1.29 is 19.0 Å². The second kappa shape index (κ2) is 11.6. The molecule has 32 heavy (non-hydrogen) atoms. The normalized spacial score (nSPS) is 10.6. The van der Waals surface area contributed by atoms with Crippen LogP contribution in [-0.2, 0) is 0 Å². The summed E-state index contributed by atoms with van der Waals surface area (Å²) in [6, 6.07) is 19.8. The number of benzene rings is 3. The second-order valence-electron chi connectivity index (χ2n) is 6.74. The van der Waals surface area contributed by atoms with Crippen molar-refractivity contribution in [1.82, 2.24) is 5.43 Å². The van der Waals surface area contributed by atoms with Gasteiger partial charge in [0.2, 0.25) is 0 Å². The van der Waals surface area contributed by atoms with Crippen molar-refractivity contribution in [3.8, 4) is 17.2 Å². The van der Waals surface area contributed by atoms with Crippen LogP contribution >= 0.6 is 11.6 Å². The van der Waals surface area contributed by atoms with E-state index in [0.29, 0.717) is 41.0 Å². The average Bonchev–Trinajstić information content (AvgIpc) is 2.78. The molecule has 3 aromatic rings. The van der Waals surface area contributed by atoms with Crippen LogP contribution in [0.25, 0.3) is 0 Å². The maximum Gasteiger partial charge on any atom is 0.339 e.